The van der Waals surface area contributed by atoms with Crippen molar-refractivity contribution in [3.05, 3.63) is 37.0 Å². The Hall–Kier alpha value is -0.780. The Morgan fingerprint density at radius 3 is 2.62 bits per heavy atom. The number of rotatable bonds is 3. The molecule has 0 aliphatic rings. The second kappa shape index (κ2) is 6.22. The predicted octanol–water partition coefficient (Wildman–Crippen LogP) is 2.69. The third-order valence-corrected chi connectivity index (χ3v) is 0.742. The number of allylic oxidation sites excluding steroid dienone is 5. The van der Waals surface area contributed by atoms with E-state index >= 15 is 0 Å². The van der Waals surface area contributed by atoms with E-state index in [-0.39, 0.29) is 0 Å². The molecule has 0 fully saturated rings. The second-order valence-corrected chi connectivity index (χ2v) is 1.48. The summed E-state index contributed by atoms with van der Waals surface area (Å²) < 4.78 is 0. The lowest BCUT2D eigenvalue weighted by molar-refractivity contribution is 1.41. The molecule has 44 valence electrons. The van der Waals surface area contributed by atoms with E-state index in [4.69, 9.17) is 0 Å². The highest BCUT2D eigenvalue weighted by Crippen LogP contribution is 1.82. The summed E-state index contributed by atoms with van der Waals surface area (Å²) in [6, 6.07) is 0. The van der Waals surface area contributed by atoms with Crippen molar-refractivity contribution in [3.8, 4) is 0 Å². The molecule has 0 heteroatoms. The lowest BCUT2D eigenvalue weighted by Gasteiger charge is -1.73. The minimum Gasteiger partial charge on any atom is -0.103 e. The molecule has 0 bridgehead atoms. The minimum absolute atomic E-state index is 0.963. The van der Waals surface area contributed by atoms with Crippen LogP contribution in [0, 0.1) is 0 Å². The highest BCUT2D eigenvalue weighted by molar-refractivity contribution is 5.02. The quantitative estimate of drug-likeness (QED) is 0.385. The van der Waals surface area contributed by atoms with Gasteiger partial charge >= 0.3 is 0 Å². The van der Waals surface area contributed by atoms with Crippen molar-refractivity contribution in [3.63, 3.8) is 0 Å². The van der Waals surface area contributed by atoms with Crippen molar-refractivity contribution in [2.75, 3.05) is 0 Å². The van der Waals surface area contributed by atoms with E-state index in [1.807, 2.05) is 31.2 Å². The van der Waals surface area contributed by atoms with Crippen LogP contribution in [0.1, 0.15) is 13.3 Å². The summed E-state index contributed by atoms with van der Waals surface area (Å²) in [7, 11) is 0. The van der Waals surface area contributed by atoms with E-state index in [1.165, 1.54) is 0 Å². The summed E-state index contributed by atoms with van der Waals surface area (Å²) in [6.07, 6.45) is 10.9. The van der Waals surface area contributed by atoms with Gasteiger partial charge in [0.05, 0.1) is 0 Å². The number of hydrogen-bond acceptors (Lipinski definition) is 0. The van der Waals surface area contributed by atoms with Crippen LogP contribution in [0.15, 0.2) is 37.0 Å². The highest BCUT2D eigenvalue weighted by Gasteiger charge is 1.61. The van der Waals surface area contributed by atoms with Crippen molar-refractivity contribution in [2.24, 2.45) is 0 Å². The summed E-state index contributed by atoms with van der Waals surface area (Å²) in [5.74, 6) is 0. The van der Waals surface area contributed by atoms with Gasteiger partial charge in [0.1, 0.15) is 0 Å². The summed E-state index contributed by atoms with van der Waals surface area (Å²) in [5.41, 5.74) is 0. The maximum atomic E-state index is 3.58. The first kappa shape index (κ1) is 7.22. The van der Waals surface area contributed by atoms with Crippen molar-refractivity contribution in [1.29, 1.82) is 0 Å². The SMILES string of the molecule is C=CCC=CC=CC. The molecule has 0 rings (SSSR count). The van der Waals surface area contributed by atoms with E-state index in [0.717, 1.165) is 6.42 Å². The normalized spacial score (nSPS) is 11.1. The molecule has 0 heterocycles. The van der Waals surface area contributed by atoms with Gasteiger partial charge in [-0.3, -0.25) is 0 Å². The van der Waals surface area contributed by atoms with Crippen LogP contribution in [-0.2, 0) is 0 Å². The van der Waals surface area contributed by atoms with E-state index < -0.39 is 0 Å². The first-order valence-electron chi connectivity index (χ1n) is 2.80. The zero-order valence-corrected chi connectivity index (χ0v) is 5.30. The largest absolute Gasteiger partial charge is 0.103 e. The van der Waals surface area contributed by atoms with Crippen LogP contribution in [0.2, 0.25) is 0 Å². The van der Waals surface area contributed by atoms with Crippen LogP contribution in [0.5, 0.6) is 0 Å². The molecule has 0 radical (unpaired) electrons. The fourth-order valence-corrected chi connectivity index (χ4v) is 0.364. The van der Waals surface area contributed by atoms with Crippen molar-refractivity contribution < 1.29 is 0 Å². The molecular formula is C8H12. The van der Waals surface area contributed by atoms with Crippen LogP contribution in [0.3, 0.4) is 0 Å². The fraction of sp³-hybridized carbons (Fsp3) is 0.250. The molecule has 0 aromatic rings. The Bertz CT molecular complexity index is 96.6. The Labute approximate surface area is 51.2 Å². The third kappa shape index (κ3) is 5.22. The standard InChI is InChI=1S/C8H12/c1-3-5-7-8-6-4-2/h3-4,6-8H,1,5H2,2H3. The monoisotopic (exact) mass is 108 g/mol. The molecule has 8 heavy (non-hydrogen) atoms. The first-order chi connectivity index (χ1) is 3.91. The molecule has 0 saturated heterocycles. The second-order valence-electron chi connectivity index (χ2n) is 1.48. The summed E-state index contributed by atoms with van der Waals surface area (Å²) >= 11 is 0. The van der Waals surface area contributed by atoms with E-state index in [0.29, 0.717) is 0 Å². The summed E-state index contributed by atoms with van der Waals surface area (Å²) in [6.45, 7) is 5.58. The molecule has 0 aliphatic carbocycles. The summed E-state index contributed by atoms with van der Waals surface area (Å²) in [4.78, 5) is 0. The zero-order chi connectivity index (χ0) is 6.24. The van der Waals surface area contributed by atoms with Crippen molar-refractivity contribution >= 4 is 0 Å². The Kier molecular flexibility index (Phi) is 5.61. The van der Waals surface area contributed by atoms with Gasteiger partial charge in [0.15, 0.2) is 0 Å². The average Bonchev–Trinajstić information content (AvgIpc) is 1.81. The molecule has 0 nitrogen and oxygen atoms in total. The molecular weight excluding hydrogens is 96.1 g/mol. The Balaban J connectivity index is 3.19. The molecule has 0 unspecified atom stereocenters. The number of hydrogen-bond donors (Lipinski definition) is 0. The van der Waals surface area contributed by atoms with Gasteiger partial charge < -0.3 is 0 Å². The Morgan fingerprint density at radius 2 is 2.12 bits per heavy atom. The van der Waals surface area contributed by atoms with Gasteiger partial charge in [0, 0.05) is 0 Å². The van der Waals surface area contributed by atoms with Crippen LogP contribution < -0.4 is 0 Å². The molecule has 0 aliphatic heterocycles. The van der Waals surface area contributed by atoms with E-state index in [1.54, 1.807) is 0 Å². The molecule has 0 atom stereocenters. The molecule has 0 N–H and O–H groups in total. The zero-order valence-electron chi connectivity index (χ0n) is 5.30. The van der Waals surface area contributed by atoms with Gasteiger partial charge in [-0.15, -0.1) is 6.58 Å². The first-order valence-corrected chi connectivity index (χ1v) is 2.80. The molecule has 0 aromatic heterocycles. The minimum atomic E-state index is 0.963. The molecule has 0 aromatic carbocycles. The van der Waals surface area contributed by atoms with E-state index in [2.05, 4.69) is 12.7 Å². The van der Waals surface area contributed by atoms with Crippen LogP contribution in [0.4, 0.5) is 0 Å². The lowest BCUT2D eigenvalue weighted by atomic mass is 10.3. The molecule has 0 saturated carbocycles. The van der Waals surface area contributed by atoms with Gasteiger partial charge in [0.2, 0.25) is 0 Å². The van der Waals surface area contributed by atoms with Crippen LogP contribution in [-0.4, -0.2) is 0 Å². The lowest BCUT2D eigenvalue weighted by Crippen LogP contribution is -1.51. The van der Waals surface area contributed by atoms with Gasteiger partial charge in [-0.25, -0.2) is 0 Å². The third-order valence-electron chi connectivity index (χ3n) is 0.742. The topological polar surface area (TPSA) is 0 Å². The van der Waals surface area contributed by atoms with E-state index in [9.17, 15) is 0 Å². The maximum absolute atomic E-state index is 3.58. The van der Waals surface area contributed by atoms with Crippen molar-refractivity contribution in [2.45, 2.75) is 13.3 Å². The summed E-state index contributed by atoms with van der Waals surface area (Å²) in [5, 5.41) is 0. The predicted molar refractivity (Wildman–Crippen MR) is 38.8 cm³/mol. The fourth-order valence-electron chi connectivity index (χ4n) is 0.364. The molecule has 0 spiro atoms. The van der Waals surface area contributed by atoms with Gasteiger partial charge in [-0.1, -0.05) is 30.4 Å². The molecule has 0 amide bonds. The van der Waals surface area contributed by atoms with Crippen LogP contribution in [0.25, 0.3) is 0 Å². The average molecular weight is 108 g/mol. The van der Waals surface area contributed by atoms with Crippen LogP contribution >= 0.6 is 0 Å². The van der Waals surface area contributed by atoms with Gasteiger partial charge in [-0.05, 0) is 13.3 Å². The highest BCUT2D eigenvalue weighted by atomic mass is 13.7. The van der Waals surface area contributed by atoms with Crippen molar-refractivity contribution in [1.82, 2.24) is 0 Å². The maximum Gasteiger partial charge on any atom is -0.0169 e. The van der Waals surface area contributed by atoms with Gasteiger partial charge in [-0.2, -0.15) is 0 Å². The Morgan fingerprint density at radius 1 is 1.38 bits per heavy atom. The van der Waals surface area contributed by atoms with Gasteiger partial charge in [0.25, 0.3) is 0 Å². The smallest absolute Gasteiger partial charge is 0.0169 e.